The Kier molecular flexibility index (Phi) is 5.72. The summed E-state index contributed by atoms with van der Waals surface area (Å²) in [7, 11) is 0. The predicted molar refractivity (Wildman–Crippen MR) is 99.1 cm³/mol. The third-order valence-corrected chi connectivity index (χ3v) is 3.90. The molecule has 0 saturated heterocycles. The van der Waals surface area contributed by atoms with E-state index >= 15 is 0 Å². The van der Waals surface area contributed by atoms with Crippen LogP contribution in [0.2, 0.25) is 0 Å². The predicted octanol–water partition coefficient (Wildman–Crippen LogP) is 0.706. The molecule has 0 spiro atoms. The van der Waals surface area contributed by atoms with Gasteiger partial charge >= 0.3 is 0 Å². The SMILES string of the molecule is N#Cc1cnc(-c2ncc(CC(=O)NCCc3cccnc3)c(=O)[nH]2)c(O)c1. The third kappa shape index (κ3) is 4.56. The highest BCUT2D eigenvalue weighted by atomic mass is 16.3. The fourth-order valence-electron chi connectivity index (χ4n) is 2.49. The largest absolute Gasteiger partial charge is 0.505 e. The number of aromatic amines is 1. The molecule has 140 valence electrons. The normalized spacial score (nSPS) is 10.2. The zero-order valence-electron chi connectivity index (χ0n) is 14.7. The standard InChI is InChI=1S/C19H16N6O3/c20-8-13-6-15(26)17(23-10-13)18-24-11-14(19(28)25-18)7-16(27)22-5-3-12-2-1-4-21-9-12/h1-2,4,6,9-11,26H,3,5,7H2,(H,22,27)(H,24,25,28). The van der Waals surface area contributed by atoms with Crippen LogP contribution in [0.5, 0.6) is 5.75 Å². The van der Waals surface area contributed by atoms with Crippen LogP contribution in [0, 0.1) is 11.3 Å². The summed E-state index contributed by atoms with van der Waals surface area (Å²) >= 11 is 0. The number of amides is 1. The Bertz CT molecular complexity index is 1090. The molecule has 0 saturated carbocycles. The van der Waals surface area contributed by atoms with E-state index in [1.165, 1.54) is 18.5 Å². The molecule has 9 heteroatoms. The van der Waals surface area contributed by atoms with E-state index in [1.807, 2.05) is 18.2 Å². The quantitative estimate of drug-likeness (QED) is 0.574. The van der Waals surface area contributed by atoms with E-state index in [-0.39, 0.29) is 40.7 Å². The van der Waals surface area contributed by atoms with Crippen LogP contribution in [0.3, 0.4) is 0 Å². The van der Waals surface area contributed by atoms with Crippen molar-refractivity contribution < 1.29 is 9.90 Å². The number of hydrogen-bond acceptors (Lipinski definition) is 7. The van der Waals surface area contributed by atoms with Crippen molar-refractivity contribution in [2.45, 2.75) is 12.8 Å². The minimum absolute atomic E-state index is 0.0450. The Morgan fingerprint density at radius 3 is 2.82 bits per heavy atom. The number of nitriles is 1. The van der Waals surface area contributed by atoms with E-state index in [0.29, 0.717) is 13.0 Å². The van der Waals surface area contributed by atoms with Gasteiger partial charge in [-0.3, -0.25) is 14.6 Å². The van der Waals surface area contributed by atoms with Crippen molar-refractivity contribution >= 4 is 5.91 Å². The molecule has 3 rings (SSSR count). The number of nitrogens with one attached hydrogen (secondary N) is 2. The van der Waals surface area contributed by atoms with Gasteiger partial charge in [0.15, 0.2) is 5.82 Å². The van der Waals surface area contributed by atoms with Crippen LogP contribution in [-0.2, 0) is 17.6 Å². The molecule has 3 aromatic heterocycles. The average Bonchev–Trinajstić information content (AvgIpc) is 2.70. The molecule has 3 heterocycles. The summed E-state index contributed by atoms with van der Waals surface area (Å²) in [5.74, 6) is -0.529. The van der Waals surface area contributed by atoms with Gasteiger partial charge in [-0.05, 0) is 18.1 Å². The lowest BCUT2D eigenvalue weighted by Gasteiger charge is -2.06. The number of carbonyl (C=O) groups is 1. The fourth-order valence-corrected chi connectivity index (χ4v) is 2.49. The zero-order chi connectivity index (χ0) is 19.9. The maximum absolute atomic E-state index is 12.2. The van der Waals surface area contributed by atoms with Crippen LogP contribution in [-0.4, -0.2) is 37.5 Å². The molecule has 28 heavy (non-hydrogen) atoms. The number of pyridine rings is 2. The molecule has 3 aromatic rings. The fraction of sp³-hybridized carbons (Fsp3) is 0.158. The number of aromatic hydroxyl groups is 1. The molecule has 0 aliphatic carbocycles. The highest BCUT2D eigenvalue weighted by Gasteiger charge is 2.13. The average molecular weight is 376 g/mol. The van der Waals surface area contributed by atoms with Crippen molar-refractivity contribution in [1.82, 2.24) is 25.3 Å². The number of rotatable bonds is 6. The van der Waals surface area contributed by atoms with Crippen LogP contribution in [0.25, 0.3) is 11.5 Å². The highest BCUT2D eigenvalue weighted by molar-refractivity contribution is 5.78. The molecule has 0 fully saturated rings. The first kappa shape index (κ1) is 18.7. The summed E-state index contributed by atoms with van der Waals surface area (Å²) in [6.07, 6.45) is 6.45. The van der Waals surface area contributed by atoms with Gasteiger partial charge in [0.05, 0.1) is 12.0 Å². The van der Waals surface area contributed by atoms with Gasteiger partial charge in [-0.15, -0.1) is 0 Å². The molecule has 0 aliphatic rings. The molecule has 9 nitrogen and oxygen atoms in total. The summed E-state index contributed by atoms with van der Waals surface area (Å²) in [6, 6.07) is 6.82. The third-order valence-electron chi connectivity index (χ3n) is 3.90. The van der Waals surface area contributed by atoms with Crippen molar-refractivity contribution in [1.29, 1.82) is 5.26 Å². The Hall–Kier alpha value is -4.06. The van der Waals surface area contributed by atoms with Crippen LogP contribution >= 0.6 is 0 Å². The molecule has 1 amide bonds. The van der Waals surface area contributed by atoms with E-state index in [9.17, 15) is 14.7 Å². The summed E-state index contributed by atoms with van der Waals surface area (Å²) < 4.78 is 0. The van der Waals surface area contributed by atoms with Crippen LogP contribution in [0.15, 0.2) is 47.8 Å². The van der Waals surface area contributed by atoms with Gasteiger partial charge < -0.3 is 15.4 Å². The summed E-state index contributed by atoms with van der Waals surface area (Å²) in [4.78, 5) is 38.8. The summed E-state index contributed by atoms with van der Waals surface area (Å²) in [5.41, 5.74) is 0.918. The van der Waals surface area contributed by atoms with Crippen LogP contribution < -0.4 is 10.9 Å². The molecule has 0 aliphatic heterocycles. The molecule has 0 bridgehead atoms. The highest BCUT2D eigenvalue weighted by Crippen LogP contribution is 2.23. The maximum atomic E-state index is 12.2. The van der Waals surface area contributed by atoms with E-state index in [2.05, 4.69) is 25.3 Å². The van der Waals surface area contributed by atoms with Gasteiger partial charge in [-0.1, -0.05) is 6.07 Å². The molecule has 3 N–H and O–H groups in total. The summed E-state index contributed by atoms with van der Waals surface area (Å²) in [5, 5.41) is 21.5. The lowest BCUT2D eigenvalue weighted by Crippen LogP contribution is -2.29. The Morgan fingerprint density at radius 1 is 1.29 bits per heavy atom. The van der Waals surface area contributed by atoms with Gasteiger partial charge in [0.25, 0.3) is 5.56 Å². The minimum atomic E-state index is -0.502. The van der Waals surface area contributed by atoms with Gasteiger partial charge in [0.2, 0.25) is 5.91 Å². The van der Waals surface area contributed by atoms with E-state index in [0.717, 1.165) is 5.56 Å². The first-order chi connectivity index (χ1) is 13.6. The van der Waals surface area contributed by atoms with Crippen molar-refractivity contribution in [3.63, 3.8) is 0 Å². The number of aromatic nitrogens is 4. The van der Waals surface area contributed by atoms with Crippen molar-refractivity contribution in [2.75, 3.05) is 6.54 Å². The second-order valence-electron chi connectivity index (χ2n) is 5.93. The second-order valence-corrected chi connectivity index (χ2v) is 5.93. The van der Waals surface area contributed by atoms with E-state index < -0.39 is 5.56 Å². The number of carbonyl (C=O) groups excluding carboxylic acids is 1. The minimum Gasteiger partial charge on any atom is -0.505 e. The maximum Gasteiger partial charge on any atom is 0.254 e. The number of nitrogens with zero attached hydrogens (tertiary/aromatic N) is 4. The van der Waals surface area contributed by atoms with Crippen LogP contribution in [0.1, 0.15) is 16.7 Å². The molecule has 0 aromatic carbocycles. The van der Waals surface area contributed by atoms with Gasteiger partial charge in [-0.25, -0.2) is 9.97 Å². The molecular weight excluding hydrogens is 360 g/mol. The lowest BCUT2D eigenvalue weighted by molar-refractivity contribution is -0.120. The van der Waals surface area contributed by atoms with Crippen LogP contribution in [0.4, 0.5) is 0 Å². The smallest absolute Gasteiger partial charge is 0.254 e. The molecule has 0 atom stereocenters. The number of hydrogen-bond donors (Lipinski definition) is 3. The Balaban J connectivity index is 1.63. The first-order valence-corrected chi connectivity index (χ1v) is 8.40. The monoisotopic (exact) mass is 376 g/mol. The van der Waals surface area contributed by atoms with Crippen molar-refractivity contribution in [3.05, 3.63) is 70.0 Å². The van der Waals surface area contributed by atoms with Gasteiger partial charge in [0.1, 0.15) is 17.5 Å². The van der Waals surface area contributed by atoms with E-state index in [1.54, 1.807) is 12.4 Å². The van der Waals surface area contributed by atoms with Gasteiger partial charge in [0, 0.05) is 43.0 Å². The van der Waals surface area contributed by atoms with Gasteiger partial charge in [-0.2, -0.15) is 5.26 Å². The second kappa shape index (κ2) is 8.55. The van der Waals surface area contributed by atoms with Crippen molar-refractivity contribution in [3.8, 4) is 23.3 Å². The Morgan fingerprint density at radius 2 is 2.14 bits per heavy atom. The lowest BCUT2D eigenvalue weighted by atomic mass is 10.2. The van der Waals surface area contributed by atoms with E-state index in [4.69, 9.17) is 5.26 Å². The summed E-state index contributed by atoms with van der Waals surface area (Å²) in [6.45, 7) is 0.428. The topological polar surface area (TPSA) is 145 Å². The molecular formula is C19H16N6O3. The number of H-pyrrole nitrogens is 1. The van der Waals surface area contributed by atoms with Crippen molar-refractivity contribution in [2.24, 2.45) is 0 Å². The molecule has 0 unspecified atom stereocenters. The Labute approximate surface area is 159 Å². The molecule has 0 radical (unpaired) electrons. The zero-order valence-corrected chi connectivity index (χ0v) is 14.7. The first-order valence-electron chi connectivity index (χ1n) is 8.40.